The number of anilines is 1. The average molecular weight is 261 g/mol. The minimum absolute atomic E-state index is 0.00847. The maximum Gasteiger partial charge on any atom is 0.322 e. The highest BCUT2D eigenvalue weighted by Gasteiger charge is 2.29. The molecule has 0 saturated carbocycles. The molecule has 1 heterocycles. The summed E-state index contributed by atoms with van der Waals surface area (Å²) in [5, 5.41) is 6.46. The molecular weight excluding hydrogens is 238 g/mol. The Labute approximate surface area is 115 Å². The van der Waals surface area contributed by atoms with Gasteiger partial charge in [0, 0.05) is 30.9 Å². The first-order valence-corrected chi connectivity index (χ1v) is 6.94. The lowest BCUT2D eigenvalue weighted by atomic mass is 10.00. The van der Waals surface area contributed by atoms with E-state index in [0.29, 0.717) is 12.0 Å². The Morgan fingerprint density at radius 2 is 2.05 bits per heavy atom. The van der Waals surface area contributed by atoms with Crippen LogP contribution in [-0.2, 0) is 0 Å². The van der Waals surface area contributed by atoms with E-state index >= 15 is 0 Å². The van der Waals surface area contributed by atoms with Gasteiger partial charge in [0.1, 0.15) is 0 Å². The first-order chi connectivity index (χ1) is 9.08. The summed E-state index contributed by atoms with van der Waals surface area (Å²) in [7, 11) is 0. The van der Waals surface area contributed by atoms with E-state index in [9.17, 15) is 4.79 Å². The summed E-state index contributed by atoms with van der Waals surface area (Å²) in [6, 6.07) is 10.2. The monoisotopic (exact) mass is 261 g/mol. The molecule has 4 heteroatoms. The van der Waals surface area contributed by atoms with Crippen LogP contribution in [0.2, 0.25) is 0 Å². The summed E-state index contributed by atoms with van der Waals surface area (Å²) >= 11 is 0. The van der Waals surface area contributed by atoms with Crippen LogP contribution in [0.15, 0.2) is 30.3 Å². The molecule has 0 bridgehead atoms. The summed E-state index contributed by atoms with van der Waals surface area (Å²) < 4.78 is 0. The summed E-state index contributed by atoms with van der Waals surface area (Å²) in [6.07, 6.45) is 0. The summed E-state index contributed by atoms with van der Waals surface area (Å²) in [6.45, 7) is 8.05. The fourth-order valence-electron chi connectivity index (χ4n) is 2.33. The maximum absolute atomic E-state index is 12.3. The number of urea groups is 1. The summed E-state index contributed by atoms with van der Waals surface area (Å²) in [5.74, 6) is 0.527. The number of piperazine rings is 1. The van der Waals surface area contributed by atoms with Gasteiger partial charge >= 0.3 is 6.03 Å². The van der Waals surface area contributed by atoms with Gasteiger partial charge in [-0.3, -0.25) is 0 Å². The molecule has 0 radical (unpaired) electrons. The van der Waals surface area contributed by atoms with E-state index in [-0.39, 0.29) is 12.1 Å². The van der Waals surface area contributed by atoms with Gasteiger partial charge in [0.05, 0.1) is 0 Å². The lowest BCUT2D eigenvalue weighted by molar-refractivity contribution is 0.145. The second-order valence-corrected chi connectivity index (χ2v) is 5.56. The zero-order valence-electron chi connectivity index (χ0n) is 11.9. The fraction of sp³-hybridized carbons (Fsp3) is 0.533. The largest absolute Gasteiger partial charge is 0.322 e. The van der Waals surface area contributed by atoms with Crippen molar-refractivity contribution in [1.82, 2.24) is 10.2 Å². The van der Waals surface area contributed by atoms with Crippen LogP contribution in [0.1, 0.15) is 20.8 Å². The van der Waals surface area contributed by atoms with E-state index in [4.69, 9.17) is 0 Å². The Morgan fingerprint density at radius 1 is 1.37 bits per heavy atom. The van der Waals surface area contributed by atoms with Gasteiger partial charge in [0.15, 0.2) is 0 Å². The number of nitrogens with zero attached hydrogens (tertiary/aromatic N) is 1. The Hall–Kier alpha value is -1.55. The SMILES string of the molecule is CC(C)C1CN(C(=O)Nc2ccccc2)C(C)CN1. The van der Waals surface area contributed by atoms with Crippen LogP contribution in [0.3, 0.4) is 0 Å². The Kier molecular flexibility index (Phi) is 4.43. The molecule has 2 unspecified atom stereocenters. The topological polar surface area (TPSA) is 44.4 Å². The zero-order chi connectivity index (χ0) is 13.8. The average Bonchev–Trinajstić information content (AvgIpc) is 2.40. The molecule has 104 valence electrons. The highest BCUT2D eigenvalue weighted by atomic mass is 16.2. The third-order valence-electron chi connectivity index (χ3n) is 3.69. The number of carbonyl (C=O) groups excluding carboxylic acids is 1. The number of para-hydroxylation sites is 1. The Morgan fingerprint density at radius 3 is 2.68 bits per heavy atom. The smallest absolute Gasteiger partial charge is 0.319 e. The van der Waals surface area contributed by atoms with Gasteiger partial charge in [-0.1, -0.05) is 32.0 Å². The molecule has 0 aliphatic carbocycles. The summed E-state index contributed by atoms with van der Waals surface area (Å²) in [4.78, 5) is 14.3. The highest BCUT2D eigenvalue weighted by molar-refractivity contribution is 5.89. The van der Waals surface area contributed by atoms with Crippen LogP contribution >= 0.6 is 0 Å². The van der Waals surface area contributed by atoms with Crippen molar-refractivity contribution in [2.24, 2.45) is 5.92 Å². The second-order valence-electron chi connectivity index (χ2n) is 5.56. The minimum atomic E-state index is -0.00847. The normalized spacial score (nSPS) is 23.5. The van der Waals surface area contributed by atoms with Gasteiger partial charge in [-0.05, 0) is 25.0 Å². The number of benzene rings is 1. The van der Waals surface area contributed by atoms with Crippen molar-refractivity contribution in [3.8, 4) is 0 Å². The van der Waals surface area contributed by atoms with Gasteiger partial charge < -0.3 is 15.5 Å². The highest BCUT2D eigenvalue weighted by Crippen LogP contribution is 2.15. The molecule has 0 aromatic heterocycles. The number of hydrogen-bond donors (Lipinski definition) is 2. The van der Waals surface area contributed by atoms with Crippen LogP contribution in [0.4, 0.5) is 10.5 Å². The lowest BCUT2D eigenvalue weighted by Gasteiger charge is -2.40. The van der Waals surface area contributed by atoms with E-state index in [2.05, 4.69) is 31.4 Å². The molecule has 1 aliphatic heterocycles. The van der Waals surface area contributed by atoms with Gasteiger partial charge in [-0.15, -0.1) is 0 Å². The molecule has 2 rings (SSSR count). The molecule has 2 N–H and O–H groups in total. The molecule has 2 amide bonds. The van der Waals surface area contributed by atoms with Crippen molar-refractivity contribution in [2.45, 2.75) is 32.9 Å². The molecule has 1 aromatic rings. The molecular formula is C15H23N3O. The van der Waals surface area contributed by atoms with Crippen LogP contribution in [-0.4, -0.2) is 36.1 Å². The molecule has 1 saturated heterocycles. The predicted octanol–water partition coefficient (Wildman–Crippen LogP) is 2.54. The van der Waals surface area contributed by atoms with E-state index in [1.165, 1.54) is 0 Å². The fourth-order valence-corrected chi connectivity index (χ4v) is 2.33. The zero-order valence-corrected chi connectivity index (χ0v) is 11.9. The lowest BCUT2D eigenvalue weighted by Crippen LogP contribution is -2.59. The van der Waals surface area contributed by atoms with E-state index < -0.39 is 0 Å². The molecule has 1 aliphatic rings. The van der Waals surface area contributed by atoms with Crippen molar-refractivity contribution in [1.29, 1.82) is 0 Å². The van der Waals surface area contributed by atoms with Gasteiger partial charge in [-0.25, -0.2) is 4.79 Å². The van der Waals surface area contributed by atoms with Crippen LogP contribution < -0.4 is 10.6 Å². The number of carbonyl (C=O) groups is 1. The number of amides is 2. The van der Waals surface area contributed by atoms with Crippen molar-refractivity contribution < 1.29 is 4.79 Å². The first-order valence-electron chi connectivity index (χ1n) is 6.94. The van der Waals surface area contributed by atoms with Crippen LogP contribution in [0, 0.1) is 5.92 Å². The minimum Gasteiger partial charge on any atom is -0.319 e. The van der Waals surface area contributed by atoms with Crippen molar-refractivity contribution >= 4 is 11.7 Å². The predicted molar refractivity (Wildman–Crippen MR) is 78.3 cm³/mol. The summed E-state index contributed by atoms with van der Waals surface area (Å²) in [5.41, 5.74) is 0.847. The standard InChI is InChI=1S/C15H23N3O/c1-11(2)14-10-18(12(3)9-16-14)15(19)17-13-7-5-4-6-8-13/h4-8,11-12,14,16H,9-10H2,1-3H3,(H,17,19). The molecule has 19 heavy (non-hydrogen) atoms. The van der Waals surface area contributed by atoms with Gasteiger partial charge in [-0.2, -0.15) is 0 Å². The third-order valence-corrected chi connectivity index (χ3v) is 3.69. The quantitative estimate of drug-likeness (QED) is 0.859. The maximum atomic E-state index is 12.3. The Balaban J connectivity index is 2.00. The Bertz CT molecular complexity index is 419. The molecule has 1 aromatic carbocycles. The molecule has 1 fully saturated rings. The van der Waals surface area contributed by atoms with E-state index in [1.54, 1.807) is 0 Å². The van der Waals surface area contributed by atoms with Crippen molar-refractivity contribution in [3.63, 3.8) is 0 Å². The first kappa shape index (κ1) is 13.9. The number of nitrogens with one attached hydrogen (secondary N) is 2. The number of hydrogen-bond acceptors (Lipinski definition) is 2. The molecule has 0 spiro atoms. The molecule has 4 nitrogen and oxygen atoms in total. The van der Waals surface area contributed by atoms with E-state index in [0.717, 1.165) is 18.8 Å². The van der Waals surface area contributed by atoms with Gasteiger partial charge in [0.2, 0.25) is 0 Å². The van der Waals surface area contributed by atoms with Crippen LogP contribution in [0.5, 0.6) is 0 Å². The molecule has 2 atom stereocenters. The van der Waals surface area contributed by atoms with Crippen molar-refractivity contribution in [2.75, 3.05) is 18.4 Å². The van der Waals surface area contributed by atoms with Crippen molar-refractivity contribution in [3.05, 3.63) is 30.3 Å². The van der Waals surface area contributed by atoms with Gasteiger partial charge in [0.25, 0.3) is 0 Å². The number of rotatable bonds is 2. The van der Waals surface area contributed by atoms with Crippen LogP contribution in [0.25, 0.3) is 0 Å². The second kappa shape index (κ2) is 6.06. The van der Waals surface area contributed by atoms with E-state index in [1.807, 2.05) is 35.2 Å². The third kappa shape index (κ3) is 3.47.